The molecule has 0 aliphatic heterocycles. The summed E-state index contributed by atoms with van der Waals surface area (Å²) in [6, 6.07) is 7.52. The molecule has 0 atom stereocenters. The van der Waals surface area contributed by atoms with Crippen LogP contribution in [0.25, 0.3) is 0 Å². The maximum Gasteiger partial charge on any atom is 0.150 e. The fourth-order valence-electron chi connectivity index (χ4n) is 1.23. The van der Waals surface area contributed by atoms with Crippen LogP contribution in [0.3, 0.4) is 0 Å². The highest BCUT2D eigenvalue weighted by Crippen LogP contribution is 2.13. The summed E-state index contributed by atoms with van der Waals surface area (Å²) < 4.78 is 0. The average molecular weight is 212 g/mol. The molecule has 0 spiro atoms. The Hall–Kier alpha value is -1.02. The lowest BCUT2D eigenvalue weighted by molar-refractivity contribution is 0.112. The quantitative estimate of drug-likeness (QED) is 0.551. The summed E-state index contributed by atoms with van der Waals surface area (Å²) in [5.74, 6) is 0.677. The molecule has 0 saturated carbocycles. The normalized spacial score (nSPS) is 9.86. The summed E-state index contributed by atoms with van der Waals surface area (Å²) in [7, 11) is 2.02. The van der Waals surface area contributed by atoms with Gasteiger partial charge in [-0.15, -0.1) is 11.6 Å². The molecule has 14 heavy (non-hydrogen) atoms. The molecule has 0 fully saturated rings. The zero-order valence-electron chi connectivity index (χ0n) is 8.24. The van der Waals surface area contributed by atoms with Crippen LogP contribution in [0.1, 0.15) is 16.8 Å². The molecule has 0 unspecified atom stereocenters. The fraction of sp³-hybridized carbons (Fsp3) is 0.364. The first-order valence-corrected chi connectivity index (χ1v) is 5.13. The van der Waals surface area contributed by atoms with Gasteiger partial charge in [0.05, 0.1) is 0 Å². The molecule has 2 nitrogen and oxygen atoms in total. The van der Waals surface area contributed by atoms with Crippen LogP contribution in [0, 0.1) is 0 Å². The van der Waals surface area contributed by atoms with Gasteiger partial charge in [0.15, 0.2) is 0 Å². The number of carbonyl (C=O) groups excluding carboxylic acids is 1. The summed E-state index contributed by atoms with van der Waals surface area (Å²) in [5.41, 5.74) is 1.82. The van der Waals surface area contributed by atoms with Gasteiger partial charge in [0, 0.05) is 30.7 Å². The molecule has 0 N–H and O–H groups in total. The minimum absolute atomic E-state index is 0.677. The third-order valence-electron chi connectivity index (χ3n) is 2.10. The molecule has 0 radical (unpaired) electrons. The molecule has 0 amide bonds. The predicted molar refractivity (Wildman–Crippen MR) is 60.4 cm³/mol. The molecule has 76 valence electrons. The Kier molecular flexibility index (Phi) is 4.47. The second-order valence-corrected chi connectivity index (χ2v) is 3.55. The third-order valence-corrected chi connectivity index (χ3v) is 2.36. The van der Waals surface area contributed by atoms with Crippen molar-refractivity contribution >= 4 is 23.6 Å². The number of hydrogen-bond acceptors (Lipinski definition) is 2. The maximum absolute atomic E-state index is 10.4. The molecule has 3 heteroatoms. The second-order valence-electron chi connectivity index (χ2n) is 3.17. The average Bonchev–Trinajstić information content (AvgIpc) is 2.26. The molecular formula is C11H14ClNO. The van der Waals surface area contributed by atoms with Crippen LogP contribution in [-0.4, -0.2) is 25.8 Å². The van der Waals surface area contributed by atoms with Crippen LogP contribution >= 0.6 is 11.6 Å². The van der Waals surface area contributed by atoms with Crippen LogP contribution in [0.4, 0.5) is 5.69 Å². The fourth-order valence-corrected chi connectivity index (χ4v) is 1.35. The molecule has 1 aromatic rings. The van der Waals surface area contributed by atoms with E-state index in [1.54, 1.807) is 0 Å². The topological polar surface area (TPSA) is 20.3 Å². The zero-order chi connectivity index (χ0) is 10.4. The monoisotopic (exact) mass is 211 g/mol. The van der Waals surface area contributed by atoms with Crippen molar-refractivity contribution in [2.75, 3.05) is 24.4 Å². The first-order valence-electron chi connectivity index (χ1n) is 4.60. The summed E-state index contributed by atoms with van der Waals surface area (Å²) in [5, 5.41) is 0. The summed E-state index contributed by atoms with van der Waals surface area (Å²) in [6.45, 7) is 0.934. The minimum atomic E-state index is 0.677. The van der Waals surface area contributed by atoms with Crippen molar-refractivity contribution in [3.8, 4) is 0 Å². The number of carbonyl (C=O) groups is 1. The van der Waals surface area contributed by atoms with Gasteiger partial charge in [-0.2, -0.15) is 0 Å². The molecular weight excluding hydrogens is 198 g/mol. The van der Waals surface area contributed by atoms with Crippen LogP contribution in [0.5, 0.6) is 0 Å². The Balaban J connectivity index is 2.61. The highest BCUT2D eigenvalue weighted by molar-refractivity contribution is 6.17. The highest BCUT2D eigenvalue weighted by atomic mass is 35.5. The largest absolute Gasteiger partial charge is 0.375 e. The van der Waals surface area contributed by atoms with Gasteiger partial charge in [0.25, 0.3) is 0 Å². The Morgan fingerprint density at radius 3 is 2.50 bits per heavy atom. The van der Waals surface area contributed by atoms with Crippen molar-refractivity contribution in [2.45, 2.75) is 6.42 Å². The van der Waals surface area contributed by atoms with Crippen molar-refractivity contribution in [2.24, 2.45) is 0 Å². The van der Waals surface area contributed by atoms with Gasteiger partial charge in [-0.05, 0) is 30.7 Å². The van der Waals surface area contributed by atoms with Crippen molar-refractivity contribution in [1.29, 1.82) is 0 Å². The number of alkyl halides is 1. The lowest BCUT2D eigenvalue weighted by Crippen LogP contribution is -2.18. The lowest BCUT2D eigenvalue weighted by Gasteiger charge is -2.18. The Bertz CT molecular complexity index is 284. The van der Waals surface area contributed by atoms with Crippen LogP contribution in [-0.2, 0) is 0 Å². The molecule has 0 aliphatic rings. The van der Waals surface area contributed by atoms with E-state index in [1.165, 1.54) is 0 Å². The van der Waals surface area contributed by atoms with E-state index in [0.29, 0.717) is 11.4 Å². The molecule has 0 bridgehead atoms. The van der Waals surface area contributed by atoms with E-state index in [-0.39, 0.29) is 0 Å². The van der Waals surface area contributed by atoms with E-state index >= 15 is 0 Å². The van der Waals surface area contributed by atoms with Crippen LogP contribution in [0.2, 0.25) is 0 Å². The Morgan fingerprint density at radius 1 is 1.36 bits per heavy atom. The number of nitrogens with zero attached hydrogens (tertiary/aromatic N) is 1. The summed E-state index contributed by atoms with van der Waals surface area (Å²) >= 11 is 5.61. The first kappa shape index (κ1) is 11.1. The van der Waals surface area contributed by atoms with E-state index in [2.05, 4.69) is 4.90 Å². The number of halogens is 1. The van der Waals surface area contributed by atoms with Gasteiger partial charge >= 0.3 is 0 Å². The van der Waals surface area contributed by atoms with Gasteiger partial charge in [-0.3, -0.25) is 4.79 Å². The van der Waals surface area contributed by atoms with Gasteiger partial charge in [-0.25, -0.2) is 0 Å². The zero-order valence-corrected chi connectivity index (χ0v) is 9.00. The summed E-state index contributed by atoms with van der Waals surface area (Å²) in [6.07, 6.45) is 1.82. The number of anilines is 1. The van der Waals surface area contributed by atoms with Crippen molar-refractivity contribution in [3.63, 3.8) is 0 Å². The molecule has 1 aromatic carbocycles. The molecule has 0 aromatic heterocycles. The van der Waals surface area contributed by atoms with E-state index < -0.39 is 0 Å². The first-order chi connectivity index (χ1) is 6.77. The Morgan fingerprint density at radius 2 is 2.00 bits per heavy atom. The predicted octanol–water partition coefficient (Wildman–Crippen LogP) is 2.56. The van der Waals surface area contributed by atoms with Crippen molar-refractivity contribution in [1.82, 2.24) is 0 Å². The van der Waals surface area contributed by atoms with E-state index in [0.717, 1.165) is 24.9 Å². The second kappa shape index (κ2) is 5.66. The van der Waals surface area contributed by atoms with Crippen molar-refractivity contribution in [3.05, 3.63) is 29.8 Å². The van der Waals surface area contributed by atoms with E-state index in [4.69, 9.17) is 11.6 Å². The van der Waals surface area contributed by atoms with Crippen LogP contribution < -0.4 is 4.90 Å². The Labute approximate surface area is 89.5 Å². The van der Waals surface area contributed by atoms with Crippen LogP contribution in [0.15, 0.2) is 24.3 Å². The van der Waals surface area contributed by atoms with Gasteiger partial charge in [0.1, 0.15) is 6.29 Å². The standard InChI is InChI=1S/C11H14ClNO/c1-13(8-2-7-12)11-5-3-10(9-14)4-6-11/h3-6,9H,2,7-8H2,1H3. The molecule has 0 aliphatic carbocycles. The van der Waals surface area contributed by atoms with Gasteiger partial charge in [-0.1, -0.05) is 0 Å². The number of hydrogen-bond donors (Lipinski definition) is 0. The number of rotatable bonds is 5. The lowest BCUT2D eigenvalue weighted by atomic mass is 10.2. The number of benzene rings is 1. The van der Waals surface area contributed by atoms with E-state index in [1.807, 2.05) is 31.3 Å². The smallest absolute Gasteiger partial charge is 0.150 e. The minimum Gasteiger partial charge on any atom is -0.375 e. The maximum atomic E-state index is 10.4. The molecule has 0 saturated heterocycles. The van der Waals surface area contributed by atoms with Gasteiger partial charge in [0.2, 0.25) is 0 Å². The van der Waals surface area contributed by atoms with E-state index in [9.17, 15) is 4.79 Å². The highest BCUT2D eigenvalue weighted by Gasteiger charge is 1.99. The summed E-state index contributed by atoms with van der Waals surface area (Å²) in [4.78, 5) is 12.6. The third kappa shape index (κ3) is 3.04. The SMILES string of the molecule is CN(CCCCl)c1ccc(C=O)cc1. The molecule has 0 heterocycles. The van der Waals surface area contributed by atoms with Crippen molar-refractivity contribution < 1.29 is 4.79 Å². The van der Waals surface area contributed by atoms with Gasteiger partial charge < -0.3 is 4.90 Å². The number of aldehydes is 1. The molecule has 1 rings (SSSR count).